The molecular formula is C12H18F3N3. The standard InChI is InChI=1S/C12H18F3N3/c1-4-5-18(8(2)3)11-7-9(12(13,14)15)6-10(16)17-11/h6-8H,4-5H2,1-3H3,(H2,16,17). The third-order valence-corrected chi connectivity index (χ3v) is 2.54. The summed E-state index contributed by atoms with van der Waals surface area (Å²) >= 11 is 0. The van der Waals surface area contributed by atoms with E-state index < -0.39 is 11.7 Å². The Balaban J connectivity index is 3.19. The van der Waals surface area contributed by atoms with Crippen molar-refractivity contribution < 1.29 is 13.2 Å². The molecule has 0 atom stereocenters. The Kier molecular flexibility index (Phi) is 4.43. The molecule has 0 unspecified atom stereocenters. The van der Waals surface area contributed by atoms with Crippen LogP contribution in [-0.4, -0.2) is 17.6 Å². The average molecular weight is 261 g/mol. The van der Waals surface area contributed by atoms with Gasteiger partial charge in [0.2, 0.25) is 0 Å². The van der Waals surface area contributed by atoms with Crippen molar-refractivity contribution in [2.24, 2.45) is 0 Å². The summed E-state index contributed by atoms with van der Waals surface area (Å²) < 4.78 is 38.1. The maximum Gasteiger partial charge on any atom is 0.416 e. The lowest BCUT2D eigenvalue weighted by molar-refractivity contribution is -0.137. The number of nitrogens with two attached hydrogens (primary N) is 1. The van der Waals surface area contributed by atoms with Gasteiger partial charge in [0.1, 0.15) is 11.6 Å². The van der Waals surface area contributed by atoms with Crippen LogP contribution in [0.3, 0.4) is 0 Å². The molecule has 0 aliphatic rings. The lowest BCUT2D eigenvalue weighted by Gasteiger charge is -2.28. The van der Waals surface area contributed by atoms with Gasteiger partial charge >= 0.3 is 6.18 Å². The highest BCUT2D eigenvalue weighted by Gasteiger charge is 2.32. The second kappa shape index (κ2) is 5.46. The van der Waals surface area contributed by atoms with Gasteiger partial charge in [-0.1, -0.05) is 6.92 Å². The van der Waals surface area contributed by atoms with E-state index in [0.717, 1.165) is 18.6 Å². The summed E-state index contributed by atoms with van der Waals surface area (Å²) in [6.07, 6.45) is -3.57. The van der Waals surface area contributed by atoms with Gasteiger partial charge in [-0.3, -0.25) is 0 Å². The van der Waals surface area contributed by atoms with Crippen molar-refractivity contribution in [2.45, 2.75) is 39.4 Å². The second-order valence-electron chi connectivity index (χ2n) is 4.42. The molecule has 1 aromatic heterocycles. The van der Waals surface area contributed by atoms with Gasteiger partial charge in [0.05, 0.1) is 5.56 Å². The van der Waals surface area contributed by atoms with E-state index >= 15 is 0 Å². The zero-order valence-electron chi connectivity index (χ0n) is 10.8. The molecule has 102 valence electrons. The molecular weight excluding hydrogens is 243 g/mol. The minimum atomic E-state index is -4.40. The Morgan fingerprint density at radius 2 is 1.94 bits per heavy atom. The molecule has 18 heavy (non-hydrogen) atoms. The Morgan fingerprint density at radius 1 is 1.33 bits per heavy atom. The largest absolute Gasteiger partial charge is 0.416 e. The Bertz CT molecular complexity index is 402. The number of rotatable bonds is 4. The molecule has 0 saturated carbocycles. The normalized spacial score (nSPS) is 11.9. The molecule has 1 heterocycles. The van der Waals surface area contributed by atoms with E-state index in [1.54, 1.807) is 0 Å². The fourth-order valence-electron chi connectivity index (χ4n) is 1.73. The first-order chi connectivity index (χ1) is 8.25. The van der Waals surface area contributed by atoms with E-state index in [-0.39, 0.29) is 17.7 Å². The van der Waals surface area contributed by atoms with Gasteiger partial charge in [-0.05, 0) is 32.4 Å². The predicted octanol–water partition coefficient (Wildman–Crippen LogP) is 3.31. The molecule has 0 spiro atoms. The molecule has 0 radical (unpaired) electrons. The number of nitrogen functional groups attached to an aromatic ring is 1. The van der Waals surface area contributed by atoms with E-state index in [0.29, 0.717) is 6.54 Å². The van der Waals surface area contributed by atoms with E-state index in [4.69, 9.17) is 5.73 Å². The van der Waals surface area contributed by atoms with Crippen molar-refractivity contribution in [1.82, 2.24) is 4.98 Å². The number of nitrogens with zero attached hydrogens (tertiary/aromatic N) is 2. The van der Waals surface area contributed by atoms with E-state index in [1.807, 2.05) is 25.7 Å². The summed E-state index contributed by atoms with van der Waals surface area (Å²) in [4.78, 5) is 5.80. The van der Waals surface area contributed by atoms with Crippen molar-refractivity contribution >= 4 is 11.6 Å². The Hall–Kier alpha value is -1.46. The minimum Gasteiger partial charge on any atom is -0.384 e. The van der Waals surface area contributed by atoms with Gasteiger partial charge in [-0.2, -0.15) is 13.2 Å². The SMILES string of the molecule is CCCN(c1cc(C(F)(F)F)cc(N)n1)C(C)C. The number of aromatic nitrogens is 1. The molecule has 6 heteroatoms. The van der Waals surface area contributed by atoms with Crippen LogP contribution in [0.15, 0.2) is 12.1 Å². The maximum atomic E-state index is 12.7. The molecule has 0 saturated heterocycles. The molecule has 1 aromatic rings. The third kappa shape index (κ3) is 3.51. The minimum absolute atomic E-state index is 0.0698. The predicted molar refractivity (Wildman–Crippen MR) is 66.4 cm³/mol. The number of halogens is 3. The summed E-state index contributed by atoms with van der Waals surface area (Å²) in [5.41, 5.74) is 4.69. The first-order valence-corrected chi connectivity index (χ1v) is 5.87. The molecule has 1 rings (SSSR count). The molecule has 0 amide bonds. The maximum absolute atomic E-state index is 12.7. The molecule has 0 fully saturated rings. The summed E-state index contributed by atoms with van der Waals surface area (Å²) in [5, 5.41) is 0. The second-order valence-corrected chi connectivity index (χ2v) is 4.42. The quantitative estimate of drug-likeness (QED) is 0.904. The first kappa shape index (κ1) is 14.6. The summed E-state index contributed by atoms with van der Waals surface area (Å²) in [7, 11) is 0. The molecule has 0 aromatic carbocycles. The first-order valence-electron chi connectivity index (χ1n) is 5.87. The van der Waals surface area contributed by atoms with Crippen LogP contribution in [0.2, 0.25) is 0 Å². The molecule has 0 aliphatic carbocycles. The zero-order chi connectivity index (χ0) is 13.9. The van der Waals surface area contributed by atoms with E-state index in [1.165, 1.54) is 0 Å². The van der Waals surface area contributed by atoms with Gasteiger partial charge in [0.25, 0.3) is 0 Å². The zero-order valence-corrected chi connectivity index (χ0v) is 10.8. The Morgan fingerprint density at radius 3 is 2.39 bits per heavy atom. The smallest absolute Gasteiger partial charge is 0.384 e. The van der Waals surface area contributed by atoms with Gasteiger partial charge in [0, 0.05) is 12.6 Å². The van der Waals surface area contributed by atoms with Crippen molar-refractivity contribution in [2.75, 3.05) is 17.2 Å². The lowest BCUT2D eigenvalue weighted by atomic mass is 10.2. The van der Waals surface area contributed by atoms with Crippen LogP contribution in [0.25, 0.3) is 0 Å². The lowest BCUT2D eigenvalue weighted by Crippen LogP contribution is -2.32. The summed E-state index contributed by atoms with van der Waals surface area (Å²) in [5.74, 6) is 0.167. The third-order valence-electron chi connectivity index (χ3n) is 2.54. The molecule has 3 nitrogen and oxygen atoms in total. The van der Waals surface area contributed by atoms with E-state index in [9.17, 15) is 13.2 Å². The van der Waals surface area contributed by atoms with Gasteiger partial charge < -0.3 is 10.6 Å². The van der Waals surface area contributed by atoms with Crippen LogP contribution in [0.4, 0.5) is 24.8 Å². The van der Waals surface area contributed by atoms with Crippen LogP contribution in [0.5, 0.6) is 0 Å². The van der Waals surface area contributed by atoms with Gasteiger partial charge in [-0.25, -0.2) is 4.98 Å². The fourth-order valence-corrected chi connectivity index (χ4v) is 1.73. The van der Waals surface area contributed by atoms with Crippen LogP contribution in [-0.2, 0) is 6.18 Å². The van der Waals surface area contributed by atoms with Gasteiger partial charge in [0.15, 0.2) is 0 Å². The number of pyridine rings is 1. The summed E-state index contributed by atoms with van der Waals surface area (Å²) in [6.45, 7) is 6.43. The van der Waals surface area contributed by atoms with Crippen LogP contribution in [0, 0.1) is 0 Å². The topological polar surface area (TPSA) is 42.1 Å². The number of anilines is 2. The number of hydrogen-bond donors (Lipinski definition) is 1. The van der Waals surface area contributed by atoms with Gasteiger partial charge in [-0.15, -0.1) is 0 Å². The average Bonchev–Trinajstić information content (AvgIpc) is 2.23. The van der Waals surface area contributed by atoms with Crippen LogP contribution < -0.4 is 10.6 Å². The van der Waals surface area contributed by atoms with Crippen molar-refractivity contribution in [3.8, 4) is 0 Å². The highest BCUT2D eigenvalue weighted by Crippen LogP contribution is 2.32. The van der Waals surface area contributed by atoms with Crippen molar-refractivity contribution in [1.29, 1.82) is 0 Å². The van der Waals surface area contributed by atoms with Crippen LogP contribution >= 0.6 is 0 Å². The van der Waals surface area contributed by atoms with Crippen LogP contribution in [0.1, 0.15) is 32.8 Å². The Labute approximate surface area is 105 Å². The summed E-state index contributed by atoms with van der Waals surface area (Å²) in [6, 6.07) is 1.97. The van der Waals surface area contributed by atoms with E-state index in [2.05, 4.69) is 4.98 Å². The number of hydrogen-bond acceptors (Lipinski definition) is 3. The molecule has 0 bridgehead atoms. The van der Waals surface area contributed by atoms with Crippen molar-refractivity contribution in [3.63, 3.8) is 0 Å². The monoisotopic (exact) mass is 261 g/mol. The van der Waals surface area contributed by atoms with Crippen molar-refractivity contribution in [3.05, 3.63) is 17.7 Å². The fraction of sp³-hybridized carbons (Fsp3) is 0.583. The molecule has 2 N–H and O–H groups in total. The number of alkyl halides is 3. The molecule has 0 aliphatic heterocycles. The highest BCUT2D eigenvalue weighted by molar-refractivity contribution is 5.49. The highest BCUT2D eigenvalue weighted by atomic mass is 19.4.